The zero-order valence-electron chi connectivity index (χ0n) is 20.5. The monoisotopic (exact) mass is 558 g/mol. The minimum atomic E-state index is 0. The summed E-state index contributed by atoms with van der Waals surface area (Å²) in [5.74, 6) is 0. The topological polar surface area (TPSA) is 0 Å². The van der Waals surface area contributed by atoms with E-state index in [0.717, 1.165) is 0 Å². The van der Waals surface area contributed by atoms with Crippen molar-refractivity contribution in [3.8, 4) is 22.3 Å². The van der Waals surface area contributed by atoms with Crippen LogP contribution in [0.3, 0.4) is 0 Å². The molecule has 0 aromatic heterocycles. The van der Waals surface area contributed by atoms with Gasteiger partial charge in [0.2, 0.25) is 0 Å². The first-order chi connectivity index (χ1) is 16.6. The van der Waals surface area contributed by atoms with Crippen LogP contribution in [0.4, 0.5) is 0 Å². The average Bonchev–Trinajstić information content (AvgIpc) is 3.54. The van der Waals surface area contributed by atoms with Crippen LogP contribution < -0.4 is 24.8 Å². The van der Waals surface area contributed by atoms with Crippen molar-refractivity contribution in [2.75, 3.05) is 0 Å². The maximum Gasteiger partial charge on any atom is -0.0279 e. The molecule has 0 saturated carbocycles. The van der Waals surface area contributed by atoms with Gasteiger partial charge in [0.15, 0.2) is 0 Å². The Kier molecular flexibility index (Phi) is 12.4. The Morgan fingerprint density at radius 2 is 0.861 bits per heavy atom. The Morgan fingerprint density at radius 1 is 0.500 bits per heavy atom. The van der Waals surface area contributed by atoms with Crippen molar-refractivity contribution in [1.82, 2.24) is 0 Å². The van der Waals surface area contributed by atoms with E-state index >= 15 is 0 Å². The predicted octanol–water partition coefficient (Wildman–Crippen LogP) is 3.24. The normalized spacial score (nSPS) is 9.67. The van der Waals surface area contributed by atoms with Crippen molar-refractivity contribution < 1.29 is 44.0 Å². The van der Waals surface area contributed by atoms with Gasteiger partial charge < -0.3 is 24.8 Å². The third kappa shape index (κ3) is 7.80. The van der Waals surface area contributed by atoms with Gasteiger partial charge in [-0.3, -0.25) is 0 Å². The molecule has 0 atom stereocenters. The molecule has 4 heteroatoms. The quantitative estimate of drug-likeness (QED) is 0.226. The molecule has 0 N–H and O–H groups in total. The van der Waals surface area contributed by atoms with Crippen LogP contribution in [0.25, 0.3) is 43.8 Å². The van der Waals surface area contributed by atoms with Crippen LogP contribution in [-0.4, -0.2) is 6.19 Å². The maximum absolute atomic E-state index is 2.27. The van der Waals surface area contributed by atoms with E-state index in [9.17, 15) is 0 Å². The van der Waals surface area contributed by atoms with Gasteiger partial charge in [-0.2, -0.15) is 24.3 Å². The van der Waals surface area contributed by atoms with E-state index in [1.54, 1.807) is 0 Å². The molecular weight excluding hydrogens is 531 g/mol. The summed E-state index contributed by atoms with van der Waals surface area (Å²) in [4.78, 5) is 0. The summed E-state index contributed by atoms with van der Waals surface area (Å²) in [6, 6.07) is 46.8. The van der Waals surface area contributed by atoms with Crippen LogP contribution in [-0.2, 0) is 19.2 Å². The number of hydrogen-bond acceptors (Lipinski definition) is 0. The molecule has 0 aliphatic heterocycles. The second-order valence-corrected chi connectivity index (χ2v) is 15.1. The van der Waals surface area contributed by atoms with E-state index in [0.29, 0.717) is 0 Å². The van der Waals surface area contributed by atoms with Crippen molar-refractivity contribution in [2.45, 2.75) is 13.1 Å². The molecule has 0 spiro atoms. The Labute approximate surface area is 239 Å². The number of hydrogen-bond donors (Lipinski definition) is 0. The van der Waals surface area contributed by atoms with E-state index in [1.807, 2.05) is 0 Å². The first-order valence-corrected chi connectivity index (χ1v) is 16.4. The molecular formula is C32H28Cl2SiTi-2. The molecule has 6 aromatic rings. The van der Waals surface area contributed by atoms with E-state index in [4.69, 9.17) is 0 Å². The molecule has 0 radical (unpaired) electrons. The van der Waals surface area contributed by atoms with Crippen LogP contribution in [0, 0.1) is 0 Å². The Hall–Kier alpha value is -2.39. The van der Waals surface area contributed by atoms with Gasteiger partial charge in [-0.1, -0.05) is 83.9 Å². The minimum absolute atomic E-state index is 0. The van der Waals surface area contributed by atoms with Gasteiger partial charge in [-0.15, -0.1) is 57.9 Å². The molecule has 0 aliphatic rings. The molecule has 0 amide bonds. The third-order valence-corrected chi connectivity index (χ3v) is 5.53. The van der Waals surface area contributed by atoms with Gasteiger partial charge >= 0.3 is 38.5 Å². The zero-order valence-corrected chi connectivity index (χ0v) is 24.5. The van der Waals surface area contributed by atoms with Crippen LogP contribution in [0.1, 0.15) is 0 Å². The number of benzene rings is 4. The summed E-state index contributed by atoms with van der Waals surface area (Å²) in [5.41, 5.74) is 5.21. The smallest absolute Gasteiger partial charge is 0.0279 e. The molecule has 0 bridgehead atoms. The van der Waals surface area contributed by atoms with E-state index in [1.165, 1.54) is 43.8 Å². The molecule has 0 aliphatic carbocycles. The largest absolute Gasteiger partial charge is 1.00 e. The van der Waals surface area contributed by atoms with Crippen LogP contribution in [0.2, 0.25) is 13.1 Å². The molecule has 0 fully saturated rings. The van der Waals surface area contributed by atoms with Gasteiger partial charge in [-0.05, 0) is 11.1 Å². The fourth-order valence-electron chi connectivity index (χ4n) is 4.06. The zero-order chi connectivity index (χ0) is 23.8. The van der Waals surface area contributed by atoms with Crippen LogP contribution >= 0.6 is 0 Å². The van der Waals surface area contributed by atoms with Crippen molar-refractivity contribution in [2.24, 2.45) is 0 Å². The van der Waals surface area contributed by atoms with Gasteiger partial charge in [0.1, 0.15) is 0 Å². The molecule has 6 rings (SSSR count). The minimum Gasteiger partial charge on any atom is -1.00 e. The van der Waals surface area contributed by atoms with Crippen LogP contribution in [0.5, 0.6) is 0 Å². The molecule has 0 nitrogen and oxygen atoms in total. The number of halogens is 2. The van der Waals surface area contributed by atoms with E-state index < -0.39 is 0 Å². The first kappa shape index (κ1) is 29.8. The van der Waals surface area contributed by atoms with E-state index in [2.05, 4.69) is 166 Å². The van der Waals surface area contributed by atoms with Crippen LogP contribution in [0.15, 0.2) is 133 Å². The summed E-state index contributed by atoms with van der Waals surface area (Å²) >= 11 is 2.27. The fraction of sp³-hybridized carbons (Fsp3) is 0.0625. The Balaban J connectivity index is 0.000000211. The second-order valence-electron chi connectivity index (χ2n) is 8.40. The number of fused-ring (bicyclic) bond motifs is 2. The first-order valence-electron chi connectivity index (χ1n) is 11.5. The van der Waals surface area contributed by atoms with Crippen molar-refractivity contribution in [1.29, 1.82) is 0 Å². The van der Waals surface area contributed by atoms with Gasteiger partial charge in [0.05, 0.1) is 0 Å². The number of rotatable bonds is 2. The summed E-state index contributed by atoms with van der Waals surface area (Å²) in [6.07, 6.45) is 0.120. The standard InChI is InChI=1S/2C15H11.C2H6Si.2ClH.Ti/c2*1-2-6-12(7-3-1)14-10-4-8-13-9-5-11-15(13)14;1-3-2;;;/h2*1-11H;1-2H3;2*1H;/q2*-1;;;;+2/p-2. The average molecular weight is 559 g/mol. The van der Waals surface area contributed by atoms with Crippen molar-refractivity contribution in [3.63, 3.8) is 0 Å². The predicted molar refractivity (Wildman–Crippen MR) is 147 cm³/mol. The summed E-state index contributed by atoms with van der Waals surface area (Å²) < 4.78 is 0. The van der Waals surface area contributed by atoms with Gasteiger partial charge in [0, 0.05) is 0 Å². The molecule has 6 aromatic carbocycles. The molecule has 36 heavy (non-hydrogen) atoms. The van der Waals surface area contributed by atoms with Gasteiger partial charge in [-0.25, -0.2) is 0 Å². The summed E-state index contributed by atoms with van der Waals surface area (Å²) in [5, 5.41) is 5.31. The van der Waals surface area contributed by atoms with Gasteiger partial charge in [0.25, 0.3) is 0 Å². The Bertz CT molecular complexity index is 1370. The summed E-state index contributed by atoms with van der Waals surface area (Å²) in [7, 11) is 0. The maximum atomic E-state index is 2.27. The SMILES string of the molecule is C[Si](C)=[Ti+2].[Cl-].[Cl-].c1ccc(-c2cccc3[cH-]ccc23)cc1.c1ccc(-c2cccc3[cH-]ccc23)cc1. The fourth-order valence-corrected chi connectivity index (χ4v) is 4.06. The third-order valence-electron chi connectivity index (χ3n) is 5.53. The molecule has 0 heterocycles. The molecule has 0 saturated heterocycles. The molecule has 180 valence electrons. The second kappa shape index (κ2) is 15.0. The van der Waals surface area contributed by atoms with Crippen molar-refractivity contribution >= 4 is 27.7 Å². The summed E-state index contributed by atoms with van der Waals surface area (Å²) in [6.45, 7) is 4.54. The van der Waals surface area contributed by atoms with E-state index in [-0.39, 0.29) is 31.0 Å². The Morgan fingerprint density at radius 3 is 1.22 bits per heavy atom. The molecule has 0 unspecified atom stereocenters. The van der Waals surface area contributed by atoms with Crippen molar-refractivity contribution in [3.05, 3.63) is 133 Å².